The number of nitrogens with zero attached hydrogens (tertiary/aromatic N) is 3. The minimum Gasteiger partial charge on any atom is -0.490 e. The summed E-state index contributed by atoms with van der Waals surface area (Å²) in [7, 11) is 5.69. The molecule has 0 aliphatic carbocycles. The Bertz CT molecular complexity index is 400. The number of anilines is 2. The van der Waals surface area contributed by atoms with Gasteiger partial charge in [-0.3, -0.25) is 0 Å². The third kappa shape index (κ3) is 4.82. The molecule has 1 unspecified atom stereocenters. The molecular formula is C13H26N6O. The summed E-state index contributed by atoms with van der Waals surface area (Å²) < 4.78 is 5.33. The molecule has 7 nitrogen and oxygen atoms in total. The number of likely N-dealkylation sites (N-methyl/N-ethyl adjacent to an activating group) is 1. The van der Waals surface area contributed by atoms with Crippen molar-refractivity contribution in [3.8, 4) is 5.75 Å². The Morgan fingerprint density at radius 1 is 1.30 bits per heavy atom. The third-order valence-corrected chi connectivity index (χ3v) is 2.83. The second kappa shape index (κ2) is 7.86. The van der Waals surface area contributed by atoms with Gasteiger partial charge in [0.25, 0.3) is 0 Å². The fraction of sp³-hybridized carbons (Fsp3) is 0.692. The van der Waals surface area contributed by atoms with Gasteiger partial charge in [-0.2, -0.15) is 0 Å². The first-order chi connectivity index (χ1) is 9.47. The van der Waals surface area contributed by atoms with Gasteiger partial charge in [0.05, 0.1) is 7.11 Å². The topological polar surface area (TPSA) is 88.3 Å². The van der Waals surface area contributed by atoms with Gasteiger partial charge in [0.2, 0.25) is 5.75 Å². The van der Waals surface area contributed by atoms with Gasteiger partial charge in [0, 0.05) is 12.6 Å². The minimum absolute atomic E-state index is 0.277. The maximum absolute atomic E-state index is 5.43. The SMILES string of the molecule is COc1c(NN)ncnc1NC(CC(C)C)CN(C)C. The van der Waals surface area contributed by atoms with Gasteiger partial charge in [0.15, 0.2) is 11.6 Å². The fourth-order valence-electron chi connectivity index (χ4n) is 2.15. The molecule has 0 saturated heterocycles. The zero-order valence-corrected chi connectivity index (χ0v) is 13.0. The van der Waals surface area contributed by atoms with Crippen molar-refractivity contribution >= 4 is 11.6 Å². The van der Waals surface area contributed by atoms with E-state index in [0.717, 1.165) is 13.0 Å². The number of hydrazine groups is 1. The molecule has 114 valence electrons. The van der Waals surface area contributed by atoms with Crippen molar-refractivity contribution in [2.45, 2.75) is 26.3 Å². The Hall–Kier alpha value is -1.60. The van der Waals surface area contributed by atoms with E-state index in [1.54, 1.807) is 7.11 Å². The van der Waals surface area contributed by atoms with E-state index < -0.39 is 0 Å². The van der Waals surface area contributed by atoms with E-state index >= 15 is 0 Å². The van der Waals surface area contributed by atoms with Crippen LogP contribution in [0.2, 0.25) is 0 Å². The molecule has 0 aliphatic rings. The molecule has 7 heteroatoms. The summed E-state index contributed by atoms with van der Waals surface area (Å²) in [5.74, 6) is 7.68. The minimum atomic E-state index is 0.277. The number of methoxy groups -OCH3 is 1. The molecule has 4 N–H and O–H groups in total. The van der Waals surface area contributed by atoms with Crippen LogP contribution in [0.1, 0.15) is 20.3 Å². The van der Waals surface area contributed by atoms with Crippen LogP contribution in [-0.2, 0) is 0 Å². The molecular weight excluding hydrogens is 256 g/mol. The molecule has 20 heavy (non-hydrogen) atoms. The summed E-state index contributed by atoms with van der Waals surface area (Å²) in [5.41, 5.74) is 2.52. The lowest BCUT2D eigenvalue weighted by molar-refractivity contribution is 0.354. The second-order valence-electron chi connectivity index (χ2n) is 5.48. The van der Waals surface area contributed by atoms with E-state index in [-0.39, 0.29) is 6.04 Å². The van der Waals surface area contributed by atoms with Crippen LogP contribution >= 0.6 is 0 Å². The Morgan fingerprint density at radius 2 is 1.95 bits per heavy atom. The number of nitrogens with one attached hydrogen (secondary N) is 2. The van der Waals surface area contributed by atoms with Gasteiger partial charge in [-0.05, 0) is 26.4 Å². The van der Waals surface area contributed by atoms with Crippen LogP contribution < -0.4 is 21.3 Å². The zero-order chi connectivity index (χ0) is 15.1. The number of aromatic nitrogens is 2. The second-order valence-corrected chi connectivity index (χ2v) is 5.48. The number of rotatable bonds is 8. The Balaban J connectivity index is 2.92. The quantitative estimate of drug-likeness (QED) is 0.487. The molecule has 1 aromatic rings. The molecule has 0 aromatic carbocycles. The van der Waals surface area contributed by atoms with E-state index in [2.05, 4.69) is 53.6 Å². The predicted molar refractivity (Wildman–Crippen MR) is 81.8 cm³/mol. The van der Waals surface area contributed by atoms with Crippen molar-refractivity contribution in [2.75, 3.05) is 38.5 Å². The van der Waals surface area contributed by atoms with Crippen LogP contribution in [0.25, 0.3) is 0 Å². The summed E-state index contributed by atoms with van der Waals surface area (Å²) in [6, 6.07) is 0.277. The van der Waals surface area contributed by atoms with Gasteiger partial charge in [-0.25, -0.2) is 15.8 Å². The summed E-state index contributed by atoms with van der Waals surface area (Å²) in [6.45, 7) is 5.32. The lowest BCUT2D eigenvalue weighted by Crippen LogP contribution is -2.34. The normalized spacial score (nSPS) is 12.6. The Kier molecular flexibility index (Phi) is 6.47. The molecule has 0 fully saturated rings. The zero-order valence-electron chi connectivity index (χ0n) is 13.0. The van der Waals surface area contributed by atoms with Crippen LogP contribution in [0.5, 0.6) is 5.75 Å². The third-order valence-electron chi connectivity index (χ3n) is 2.83. The number of hydrogen-bond donors (Lipinski definition) is 3. The van der Waals surface area contributed by atoms with Crippen molar-refractivity contribution in [1.82, 2.24) is 14.9 Å². The van der Waals surface area contributed by atoms with Gasteiger partial charge in [0.1, 0.15) is 6.33 Å². The molecule has 0 spiro atoms. The van der Waals surface area contributed by atoms with E-state index in [1.165, 1.54) is 6.33 Å². The molecule has 1 atom stereocenters. The number of hydrogen-bond acceptors (Lipinski definition) is 7. The number of ether oxygens (including phenoxy) is 1. The van der Waals surface area contributed by atoms with Crippen molar-refractivity contribution < 1.29 is 4.74 Å². The highest BCUT2D eigenvalue weighted by Gasteiger charge is 2.17. The molecule has 0 saturated carbocycles. The molecule has 0 amide bonds. The molecule has 1 aromatic heterocycles. The lowest BCUT2D eigenvalue weighted by Gasteiger charge is -2.25. The summed E-state index contributed by atoms with van der Waals surface area (Å²) in [6.07, 6.45) is 2.50. The smallest absolute Gasteiger partial charge is 0.205 e. The van der Waals surface area contributed by atoms with Crippen molar-refractivity contribution in [3.05, 3.63) is 6.33 Å². The molecule has 0 radical (unpaired) electrons. The maximum atomic E-state index is 5.43. The van der Waals surface area contributed by atoms with Gasteiger partial charge >= 0.3 is 0 Å². The fourth-order valence-corrected chi connectivity index (χ4v) is 2.15. The summed E-state index contributed by atoms with van der Waals surface area (Å²) in [5, 5.41) is 3.42. The predicted octanol–water partition coefficient (Wildman–Crippen LogP) is 1.16. The van der Waals surface area contributed by atoms with Crippen LogP contribution in [-0.4, -0.2) is 48.7 Å². The highest BCUT2D eigenvalue weighted by molar-refractivity contribution is 5.63. The van der Waals surface area contributed by atoms with Crippen LogP contribution in [0.15, 0.2) is 6.33 Å². The number of nitrogens with two attached hydrogens (primary N) is 1. The maximum Gasteiger partial charge on any atom is 0.205 e. The van der Waals surface area contributed by atoms with E-state index in [0.29, 0.717) is 23.3 Å². The standard InChI is InChI=1S/C13H26N6O/c1-9(2)6-10(7-19(3)4)17-12-11(20-5)13(18-14)16-8-15-12/h8-10H,6-7,14H2,1-5H3,(H2,15,16,17,18). The first kappa shape index (κ1) is 16.5. The summed E-state index contributed by atoms with van der Waals surface area (Å²) in [4.78, 5) is 10.4. The molecule has 0 bridgehead atoms. The van der Waals surface area contributed by atoms with Crippen molar-refractivity contribution in [1.29, 1.82) is 0 Å². The van der Waals surface area contributed by atoms with E-state index in [9.17, 15) is 0 Å². The monoisotopic (exact) mass is 282 g/mol. The Labute approximate surface area is 120 Å². The molecule has 1 rings (SSSR count). The van der Waals surface area contributed by atoms with E-state index in [4.69, 9.17) is 10.6 Å². The molecule has 0 aliphatic heterocycles. The van der Waals surface area contributed by atoms with Gasteiger partial charge in [-0.1, -0.05) is 13.8 Å². The number of nitrogen functional groups attached to an aromatic ring is 1. The van der Waals surface area contributed by atoms with Crippen molar-refractivity contribution in [3.63, 3.8) is 0 Å². The van der Waals surface area contributed by atoms with E-state index in [1.807, 2.05) is 0 Å². The van der Waals surface area contributed by atoms with Crippen LogP contribution in [0, 0.1) is 5.92 Å². The first-order valence-electron chi connectivity index (χ1n) is 6.74. The lowest BCUT2D eigenvalue weighted by atomic mass is 10.0. The van der Waals surface area contributed by atoms with Crippen LogP contribution in [0.4, 0.5) is 11.6 Å². The average molecular weight is 282 g/mol. The van der Waals surface area contributed by atoms with Crippen LogP contribution in [0.3, 0.4) is 0 Å². The average Bonchev–Trinajstić information content (AvgIpc) is 2.36. The Morgan fingerprint density at radius 3 is 2.45 bits per heavy atom. The van der Waals surface area contributed by atoms with Gasteiger partial charge in [-0.15, -0.1) is 0 Å². The largest absolute Gasteiger partial charge is 0.490 e. The highest BCUT2D eigenvalue weighted by atomic mass is 16.5. The molecule has 1 heterocycles. The van der Waals surface area contributed by atoms with Gasteiger partial charge < -0.3 is 20.4 Å². The summed E-state index contributed by atoms with van der Waals surface area (Å²) >= 11 is 0. The van der Waals surface area contributed by atoms with Crippen molar-refractivity contribution in [2.24, 2.45) is 11.8 Å². The highest BCUT2D eigenvalue weighted by Crippen LogP contribution is 2.29. The first-order valence-corrected chi connectivity index (χ1v) is 6.74.